The Kier molecular flexibility index (Phi) is 4.39. The van der Waals surface area contributed by atoms with Crippen molar-refractivity contribution in [2.75, 3.05) is 0 Å². The van der Waals surface area contributed by atoms with Crippen molar-refractivity contribution >= 4 is 0 Å². The molecule has 100 valence electrons. The predicted octanol–water partition coefficient (Wildman–Crippen LogP) is 4.35. The van der Waals surface area contributed by atoms with Gasteiger partial charge in [0.15, 0.2) is 0 Å². The minimum atomic E-state index is 0.111. The normalized spacial score (nSPS) is 11.0. The van der Waals surface area contributed by atoms with Crippen LogP contribution in [0.1, 0.15) is 30.5 Å². The number of aryl methyl sites for hydroxylation is 1. The summed E-state index contributed by atoms with van der Waals surface area (Å²) in [7, 11) is 0. The van der Waals surface area contributed by atoms with Crippen LogP contribution in [0.3, 0.4) is 0 Å². The maximum atomic E-state index is 9.20. The molecule has 2 rings (SSSR count). The summed E-state index contributed by atoms with van der Waals surface area (Å²) < 4.78 is 0. The van der Waals surface area contributed by atoms with Crippen LogP contribution >= 0.6 is 0 Å². The van der Waals surface area contributed by atoms with Crippen molar-refractivity contribution in [2.45, 2.75) is 33.8 Å². The van der Waals surface area contributed by atoms with E-state index in [1.54, 1.807) is 0 Å². The summed E-state index contributed by atoms with van der Waals surface area (Å²) in [5.41, 5.74) is 5.99. The van der Waals surface area contributed by atoms with Gasteiger partial charge < -0.3 is 5.11 Å². The van der Waals surface area contributed by atoms with Crippen molar-refractivity contribution < 1.29 is 5.11 Å². The van der Waals surface area contributed by atoms with Gasteiger partial charge in [0.2, 0.25) is 0 Å². The van der Waals surface area contributed by atoms with Gasteiger partial charge in [0.25, 0.3) is 0 Å². The highest BCUT2D eigenvalue weighted by Gasteiger charge is 2.03. The summed E-state index contributed by atoms with van der Waals surface area (Å²) in [5.74, 6) is 0.692. The maximum absolute atomic E-state index is 9.20. The van der Waals surface area contributed by atoms with Crippen LogP contribution in [-0.2, 0) is 13.0 Å². The molecule has 0 unspecified atom stereocenters. The molecule has 0 spiro atoms. The molecule has 1 heteroatoms. The maximum Gasteiger partial charge on any atom is 0.0684 e. The molecule has 2 aromatic carbocycles. The van der Waals surface area contributed by atoms with E-state index in [0.717, 1.165) is 17.5 Å². The highest BCUT2D eigenvalue weighted by atomic mass is 16.3. The molecule has 0 saturated carbocycles. The number of hydrogen-bond donors (Lipinski definition) is 1. The first-order valence-corrected chi connectivity index (χ1v) is 6.90. The van der Waals surface area contributed by atoms with Crippen molar-refractivity contribution in [1.29, 1.82) is 0 Å². The number of aliphatic hydroxyl groups excluding tert-OH is 1. The molecule has 0 bridgehead atoms. The SMILES string of the molecule is Cc1cc(-c2ccc(CC(C)C)cc2)ccc1CO. The van der Waals surface area contributed by atoms with E-state index >= 15 is 0 Å². The van der Waals surface area contributed by atoms with Crippen LogP contribution < -0.4 is 0 Å². The van der Waals surface area contributed by atoms with Crippen LogP contribution in [0.25, 0.3) is 11.1 Å². The molecule has 1 N–H and O–H groups in total. The van der Waals surface area contributed by atoms with Crippen LogP contribution in [0.5, 0.6) is 0 Å². The average Bonchev–Trinajstić information content (AvgIpc) is 2.39. The molecule has 1 nitrogen and oxygen atoms in total. The van der Waals surface area contributed by atoms with Crippen molar-refractivity contribution in [3.63, 3.8) is 0 Å². The van der Waals surface area contributed by atoms with Gasteiger partial charge in [-0.1, -0.05) is 56.3 Å². The lowest BCUT2D eigenvalue weighted by molar-refractivity contribution is 0.281. The molecule has 0 aliphatic heterocycles. The minimum absolute atomic E-state index is 0.111. The van der Waals surface area contributed by atoms with E-state index in [4.69, 9.17) is 0 Å². The lowest BCUT2D eigenvalue weighted by Gasteiger charge is -2.09. The average molecular weight is 254 g/mol. The summed E-state index contributed by atoms with van der Waals surface area (Å²) in [6, 6.07) is 15.0. The molecule has 19 heavy (non-hydrogen) atoms. The quantitative estimate of drug-likeness (QED) is 0.860. The van der Waals surface area contributed by atoms with Crippen LogP contribution in [-0.4, -0.2) is 5.11 Å². The van der Waals surface area contributed by atoms with Crippen molar-refractivity contribution in [2.24, 2.45) is 5.92 Å². The number of hydrogen-bond acceptors (Lipinski definition) is 1. The zero-order valence-corrected chi connectivity index (χ0v) is 12.0. The summed E-state index contributed by atoms with van der Waals surface area (Å²) >= 11 is 0. The Hall–Kier alpha value is -1.60. The van der Waals surface area contributed by atoms with Gasteiger partial charge in [-0.3, -0.25) is 0 Å². The molecule has 0 atom stereocenters. The highest BCUT2D eigenvalue weighted by Crippen LogP contribution is 2.23. The smallest absolute Gasteiger partial charge is 0.0684 e. The van der Waals surface area contributed by atoms with Crippen LogP contribution in [0, 0.1) is 12.8 Å². The molecule has 0 radical (unpaired) electrons. The van der Waals surface area contributed by atoms with E-state index in [-0.39, 0.29) is 6.61 Å². The third kappa shape index (κ3) is 3.45. The lowest BCUT2D eigenvalue weighted by atomic mass is 9.97. The van der Waals surface area contributed by atoms with Crippen molar-refractivity contribution in [1.82, 2.24) is 0 Å². The molecule has 2 aromatic rings. The molecule has 0 amide bonds. The number of aliphatic hydroxyl groups is 1. The van der Waals surface area contributed by atoms with Gasteiger partial charge in [-0.05, 0) is 47.1 Å². The van der Waals surface area contributed by atoms with E-state index in [1.165, 1.54) is 16.7 Å². The first kappa shape index (κ1) is 13.8. The zero-order chi connectivity index (χ0) is 13.8. The second-order valence-electron chi connectivity index (χ2n) is 5.59. The molecular weight excluding hydrogens is 232 g/mol. The molecular formula is C18H22O. The van der Waals surface area contributed by atoms with Gasteiger partial charge in [-0.25, -0.2) is 0 Å². The summed E-state index contributed by atoms with van der Waals surface area (Å²) in [6.07, 6.45) is 1.13. The Bertz CT molecular complexity index is 538. The molecule has 0 aliphatic carbocycles. The van der Waals surface area contributed by atoms with E-state index in [2.05, 4.69) is 50.2 Å². The first-order chi connectivity index (χ1) is 9.10. The largest absolute Gasteiger partial charge is 0.392 e. The monoisotopic (exact) mass is 254 g/mol. The van der Waals surface area contributed by atoms with E-state index in [1.807, 2.05) is 13.0 Å². The fourth-order valence-electron chi connectivity index (χ4n) is 2.36. The van der Waals surface area contributed by atoms with E-state index in [9.17, 15) is 5.11 Å². The molecule has 0 saturated heterocycles. The van der Waals surface area contributed by atoms with Gasteiger partial charge in [-0.2, -0.15) is 0 Å². The summed E-state index contributed by atoms with van der Waals surface area (Å²) in [6.45, 7) is 6.64. The summed E-state index contributed by atoms with van der Waals surface area (Å²) in [4.78, 5) is 0. The zero-order valence-electron chi connectivity index (χ0n) is 12.0. The van der Waals surface area contributed by atoms with Gasteiger partial charge >= 0.3 is 0 Å². The highest BCUT2D eigenvalue weighted by molar-refractivity contribution is 5.65. The fourth-order valence-corrected chi connectivity index (χ4v) is 2.36. The fraction of sp³-hybridized carbons (Fsp3) is 0.333. The standard InChI is InChI=1S/C18H22O/c1-13(2)10-15-4-6-16(7-5-15)17-8-9-18(12-19)14(3)11-17/h4-9,11,13,19H,10,12H2,1-3H3. The third-order valence-electron chi connectivity index (χ3n) is 3.44. The number of benzene rings is 2. The van der Waals surface area contributed by atoms with Crippen LogP contribution in [0.15, 0.2) is 42.5 Å². The van der Waals surface area contributed by atoms with Crippen LogP contribution in [0.4, 0.5) is 0 Å². The van der Waals surface area contributed by atoms with Crippen LogP contribution in [0.2, 0.25) is 0 Å². The Balaban J connectivity index is 2.24. The topological polar surface area (TPSA) is 20.2 Å². The van der Waals surface area contributed by atoms with Gasteiger partial charge in [0.05, 0.1) is 6.61 Å². The third-order valence-corrected chi connectivity index (χ3v) is 3.44. The molecule has 0 heterocycles. The lowest BCUT2D eigenvalue weighted by Crippen LogP contribution is -1.93. The van der Waals surface area contributed by atoms with E-state index < -0.39 is 0 Å². The molecule has 0 aromatic heterocycles. The Labute approximate surface area is 115 Å². The van der Waals surface area contributed by atoms with Gasteiger partial charge in [0, 0.05) is 0 Å². The minimum Gasteiger partial charge on any atom is -0.392 e. The van der Waals surface area contributed by atoms with Crippen molar-refractivity contribution in [3.8, 4) is 11.1 Å². The Morgan fingerprint density at radius 3 is 2.11 bits per heavy atom. The van der Waals surface area contributed by atoms with E-state index in [0.29, 0.717) is 5.92 Å². The first-order valence-electron chi connectivity index (χ1n) is 6.90. The Morgan fingerprint density at radius 1 is 0.947 bits per heavy atom. The van der Waals surface area contributed by atoms with Gasteiger partial charge in [0.1, 0.15) is 0 Å². The Morgan fingerprint density at radius 2 is 1.58 bits per heavy atom. The predicted molar refractivity (Wildman–Crippen MR) is 81.1 cm³/mol. The number of rotatable bonds is 4. The molecule has 0 aliphatic rings. The summed E-state index contributed by atoms with van der Waals surface area (Å²) in [5, 5.41) is 9.20. The van der Waals surface area contributed by atoms with Gasteiger partial charge in [-0.15, -0.1) is 0 Å². The molecule has 0 fully saturated rings. The van der Waals surface area contributed by atoms with Crippen molar-refractivity contribution in [3.05, 3.63) is 59.2 Å². The second kappa shape index (κ2) is 6.03. The second-order valence-corrected chi connectivity index (χ2v) is 5.59.